The Labute approximate surface area is 114 Å². The Morgan fingerprint density at radius 1 is 1.22 bits per heavy atom. The maximum atomic E-state index is 5.42. The van der Waals surface area contributed by atoms with Crippen LogP contribution in [0.3, 0.4) is 0 Å². The summed E-state index contributed by atoms with van der Waals surface area (Å²) in [5.41, 5.74) is 0.440. The van der Waals surface area contributed by atoms with Gasteiger partial charge in [0.25, 0.3) is 0 Å². The minimum Gasteiger partial charge on any atom is -0.381 e. The second kappa shape index (κ2) is 7.17. The fourth-order valence-electron chi connectivity index (χ4n) is 2.19. The van der Waals surface area contributed by atoms with Gasteiger partial charge in [0, 0.05) is 37.0 Å². The Morgan fingerprint density at radius 3 is 2.67 bits per heavy atom. The highest BCUT2D eigenvalue weighted by Gasteiger charge is 2.26. The van der Waals surface area contributed by atoms with Crippen molar-refractivity contribution in [1.29, 1.82) is 0 Å². The molecule has 0 radical (unpaired) electrons. The smallest absolute Gasteiger partial charge is 0.0471 e. The van der Waals surface area contributed by atoms with Gasteiger partial charge in [-0.25, -0.2) is 0 Å². The Hall–Kier alpha value is -0.510. The number of nitrogens with one attached hydrogen (secondary N) is 1. The molecule has 0 aromatic heterocycles. The first-order chi connectivity index (χ1) is 8.79. The van der Waals surface area contributed by atoms with E-state index in [0.29, 0.717) is 5.41 Å². The SMILES string of the molecule is CC1(CNCCSc2ccccc2)CCOCC1. The molecule has 18 heavy (non-hydrogen) atoms. The summed E-state index contributed by atoms with van der Waals surface area (Å²) in [6.07, 6.45) is 2.37. The van der Waals surface area contributed by atoms with Gasteiger partial charge in [-0.3, -0.25) is 0 Å². The minimum absolute atomic E-state index is 0.440. The Morgan fingerprint density at radius 2 is 1.94 bits per heavy atom. The number of rotatable bonds is 6. The predicted molar refractivity (Wildman–Crippen MR) is 78.2 cm³/mol. The predicted octanol–water partition coefficient (Wildman–Crippen LogP) is 3.19. The summed E-state index contributed by atoms with van der Waals surface area (Å²) >= 11 is 1.92. The van der Waals surface area contributed by atoms with Crippen LogP contribution in [0.4, 0.5) is 0 Å². The molecule has 0 spiro atoms. The zero-order chi connectivity index (χ0) is 12.7. The van der Waals surface area contributed by atoms with E-state index in [1.165, 1.54) is 17.7 Å². The van der Waals surface area contributed by atoms with Crippen LogP contribution in [0.25, 0.3) is 0 Å². The average molecular weight is 265 g/mol. The first kappa shape index (κ1) is 13.9. The fourth-order valence-corrected chi connectivity index (χ4v) is 3.02. The molecule has 100 valence electrons. The summed E-state index contributed by atoms with van der Waals surface area (Å²) < 4.78 is 5.42. The molecule has 0 bridgehead atoms. The van der Waals surface area contributed by atoms with Crippen molar-refractivity contribution in [2.75, 3.05) is 32.1 Å². The van der Waals surface area contributed by atoms with Crippen LogP contribution >= 0.6 is 11.8 Å². The lowest BCUT2D eigenvalue weighted by molar-refractivity contribution is 0.0244. The van der Waals surface area contributed by atoms with E-state index >= 15 is 0 Å². The van der Waals surface area contributed by atoms with Crippen LogP contribution in [-0.4, -0.2) is 32.1 Å². The first-order valence-electron chi connectivity index (χ1n) is 6.75. The quantitative estimate of drug-likeness (QED) is 0.630. The van der Waals surface area contributed by atoms with Crippen molar-refractivity contribution in [3.8, 4) is 0 Å². The molecule has 0 unspecified atom stereocenters. The summed E-state index contributed by atoms with van der Waals surface area (Å²) in [5, 5.41) is 3.59. The highest BCUT2D eigenvalue weighted by atomic mass is 32.2. The molecule has 1 aromatic rings. The van der Waals surface area contributed by atoms with Crippen LogP contribution in [0.5, 0.6) is 0 Å². The van der Waals surface area contributed by atoms with Gasteiger partial charge in [0.15, 0.2) is 0 Å². The third-order valence-corrected chi connectivity index (χ3v) is 4.56. The molecule has 0 aliphatic carbocycles. The van der Waals surface area contributed by atoms with Gasteiger partial charge < -0.3 is 10.1 Å². The molecule has 1 fully saturated rings. The normalized spacial score (nSPS) is 18.7. The van der Waals surface area contributed by atoms with Crippen molar-refractivity contribution in [3.05, 3.63) is 30.3 Å². The lowest BCUT2D eigenvalue weighted by Crippen LogP contribution is -2.37. The van der Waals surface area contributed by atoms with E-state index in [-0.39, 0.29) is 0 Å². The van der Waals surface area contributed by atoms with E-state index in [1.54, 1.807) is 0 Å². The lowest BCUT2D eigenvalue weighted by atomic mass is 9.82. The molecule has 2 nitrogen and oxygen atoms in total. The summed E-state index contributed by atoms with van der Waals surface area (Å²) in [4.78, 5) is 1.36. The Bertz CT molecular complexity index is 336. The van der Waals surface area contributed by atoms with Crippen LogP contribution in [0.15, 0.2) is 35.2 Å². The molecule has 1 aliphatic heterocycles. The van der Waals surface area contributed by atoms with Crippen LogP contribution in [-0.2, 0) is 4.74 Å². The first-order valence-corrected chi connectivity index (χ1v) is 7.73. The van der Waals surface area contributed by atoms with Crippen molar-refractivity contribution in [2.45, 2.75) is 24.7 Å². The summed E-state index contributed by atoms with van der Waals surface area (Å²) in [6.45, 7) is 6.42. The number of hydrogen-bond donors (Lipinski definition) is 1. The maximum Gasteiger partial charge on any atom is 0.0471 e. The summed E-state index contributed by atoms with van der Waals surface area (Å²) in [5.74, 6) is 1.14. The second-order valence-electron chi connectivity index (χ2n) is 5.26. The molecule has 0 saturated carbocycles. The molecule has 0 amide bonds. The molecule has 1 N–H and O–H groups in total. The van der Waals surface area contributed by atoms with Gasteiger partial charge >= 0.3 is 0 Å². The van der Waals surface area contributed by atoms with Crippen molar-refractivity contribution in [1.82, 2.24) is 5.32 Å². The van der Waals surface area contributed by atoms with Gasteiger partial charge in [-0.15, -0.1) is 11.8 Å². The molecule has 1 aliphatic rings. The van der Waals surface area contributed by atoms with Crippen LogP contribution < -0.4 is 5.32 Å². The molecular formula is C15H23NOS. The van der Waals surface area contributed by atoms with Crippen LogP contribution in [0, 0.1) is 5.41 Å². The lowest BCUT2D eigenvalue weighted by Gasteiger charge is -2.33. The summed E-state index contributed by atoms with van der Waals surface area (Å²) in [7, 11) is 0. The molecule has 0 atom stereocenters. The van der Waals surface area contributed by atoms with Crippen molar-refractivity contribution >= 4 is 11.8 Å². The number of benzene rings is 1. The largest absolute Gasteiger partial charge is 0.381 e. The summed E-state index contributed by atoms with van der Waals surface area (Å²) in [6, 6.07) is 10.6. The van der Waals surface area contributed by atoms with Gasteiger partial charge in [0.1, 0.15) is 0 Å². The third kappa shape index (κ3) is 4.63. The van der Waals surface area contributed by atoms with Gasteiger partial charge in [0.05, 0.1) is 0 Å². The molecule has 1 aromatic carbocycles. The highest BCUT2D eigenvalue weighted by Crippen LogP contribution is 2.28. The van der Waals surface area contributed by atoms with Gasteiger partial charge in [-0.1, -0.05) is 25.1 Å². The van der Waals surface area contributed by atoms with Crippen molar-refractivity contribution in [3.63, 3.8) is 0 Å². The van der Waals surface area contributed by atoms with Crippen LogP contribution in [0.2, 0.25) is 0 Å². The second-order valence-corrected chi connectivity index (χ2v) is 6.43. The van der Waals surface area contributed by atoms with Crippen molar-refractivity contribution in [2.24, 2.45) is 5.41 Å². The maximum absolute atomic E-state index is 5.42. The Balaban J connectivity index is 1.58. The van der Waals surface area contributed by atoms with Gasteiger partial charge in [-0.05, 0) is 30.4 Å². The standard InChI is InChI=1S/C15H23NOS/c1-15(7-10-17-11-8-15)13-16-9-12-18-14-5-3-2-4-6-14/h2-6,16H,7-13H2,1H3. The van der Waals surface area contributed by atoms with Gasteiger partial charge in [0.2, 0.25) is 0 Å². The minimum atomic E-state index is 0.440. The molecular weight excluding hydrogens is 242 g/mol. The highest BCUT2D eigenvalue weighted by molar-refractivity contribution is 7.99. The number of hydrogen-bond acceptors (Lipinski definition) is 3. The van der Waals surface area contributed by atoms with E-state index in [9.17, 15) is 0 Å². The zero-order valence-corrected chi connectivity index (χ0v) is 12.0. The van der Waals surface area contributed by atoms with Gasteiger partial charge in [-0.2, -0.15) is 0 Å². The van der Waals surface area contributed by atoms with E-state index in [4.69, 9.17) is 4.74 Å². The van der Waals surface area contributed by atoms with Crippen molar-refractivity contribution < 1.29 is 4.74 Å². The Kier molecular flexibility index (Phi) is 5.54. The van der Waals surface area contributed by atoms with E-state index in [1.807, 2.05) is 11.8 Å². The van der Waals surface area contributed by atoms with E-state index in [2.05, 4.69) is 42.6 Å². The molecule has 1 saturated heterocycles. The molecule has 1 heterocycles. The number of ether oxygens (including phenoxy) is 1. The van der Waals surface area contributed by atoms with Crippen LogP contribution in [0.1, 0.15) is 19.8 Å². The zero-order valence-electron chi connectivity index (χ0n) is 11.2. The van der Waals surface area contributed by atoms with E-state index in [0.717, 1.165) is 32.1 Å². The molecule has 2 rings (SSSR count). The molecule has 3 heteroatoms. The van der Waals surface area contributed by atoms with E-state index < -0.39 is 0 Å². The number of thioether (sulfide) groups is 1. The monoisotopic (exact) mass is 265 g/mol. The average Bonchev–Trinajstić information content (AvgIpc) is 2.40. The fraction of sp³-hybridized carbons (Fsp3) is 0.600. The topological polar surface area (TPSA) is 21.3 Å². The third-order valence-electron chi connectivity index (χ3n) is 3.54.